The minimum atomic E-state index is -0.587. The van der Waals surface area contributed by atoms with E-state index in [1.807, 2.05) is 6.92 Å². The van der Waals surface area contributed by atoms with Crippen molar-refractivity contribution in [2.75, 3.05) is 0 Å². The monoisotopic (exact) mass is 373 g/mol. The summed E-state index contributed by atoms with van der Waals surface area (Å²) in [5.41, 5.74) is 9.31. The number of urea groups is 1. The maximum Gasteiger partial charge on any atom is 0.332 e. The highest BCUT2D eigenvalue weighted by molar-refractivity contribution is 5.86. The molecule has 0 aliphatic heterocycles. The number of nitrogens with one attached hydrogen (secondary N) is 1. The molecule has 150 valence electrons. The number of primary amides is 1. The van der Waals surface area contributed by atoms with E-state index in [1.165, 1.54) is 38.5 Å². The Hall–Kier alpha value is -1.39. The summed E-state index contributed by atoms with van der Waals surface area (Å²) in [6, 6.07) is -0.587. The number of rotatable bonds is 2. The van der Waals surface area contributed by atoms with Gasteiger partial charge in [-0.3, -0.25) is 4.79 Å². The number of hydrogen-bond donors (Lipinski definition) is 2. The number of Topliss-reactive ketones (excluding diaryl/α,β-unsaturated/α-hetero) is 1. The van der Waals surface area contributed by atoms with Gasteiger partial charge in [0.25, 0.3) is 0 Å². The van der Waals surface area contributed by atoms with Crippen molar-refractivity contribution >= 4 is 17.5 Å². The molecule has 0 unspecified atom stereocenters. The molecule has 0 aromatic rings. The molecule has 0 saturated heterocycles. The smallest absolute Gasteiger partial charge is 0.332 e. The molecule has 27 heavy (non-hydrogen) atoms. The molecule has 3 N–H and O–H groups in total. The summed E-state index contributed by atoms with van der Waals surface area (Å²) < 4.78 is 0. The lowest BCUT2D eigenvalue weighted by Crippen LogP contribution is -2.53. The van der Waals surface area contributed by atoms with E-state index < -0.39 is 6.03 Å². The zero-order valence-electron chi connectivity index (χ0n) is 17.1. The summed E-state index contributed by atoms with van der Waals surface area (Å²) >= 11 is 0. The van der Waals surface area contributed by atoms with Crippen LogP contribution in [0.5, 0.6) is 0 Å². The van der Waals surface area contributed by atoms with Gasteiger partial charge in [0, 0.05) is 24.5 Å². The van der Waals surface area contributed by atoms with E-state index in [0.717, 1.165) is 42.7 Å². The molecule has 4 rings (SSSR count). The zero-order valence-corrected chi connectivity index (χ0v) is 17.1. The summed E-state index contributed by atoms with van der Waals surface area (Å²) in [4.78, 5) is 23.1. The van der Waals surface area contributed by atoms with Gasteiger partial charge in [-0.25, -0.2) is 10.2 Å². The van der Waals surface area contributed by atoms with Crippen molar-refractivity contribution in [1.29, 1.82) is 0 Å². The Morgan fingerprint density at radius 3 is 2.56 bits per heavy atom. The topological polar surface area (TPSA) is 84.5 Å². The first-order valence-electron chi connectivity index (χ1n) is 10.9. The fourth-order valence-electron chi connectivity index (χ4n) is 7.95. The summed E-state index contributed by atoms with van der Waals surface area (Å²) in [6.45, 7) is 7.01. The zero-order chi connectivity index (χ0) is 19.4. The van der Waals surface area contributed by atoms with Crippen molar-refractivity contribution in [1.82, 2.24) is 5.43 Å². The van der Waals surface area contributed by atoms with Crippen LogP contribution in [0.4, 0.5) is 4.79 Å². The van der Waals surface area contributed by atoms with Gasteiger partial charge >= 0.3 is 6.03 Å². The van der Waals surface area contributed by atoms with Gasteiger partial charge in [-0.15, -0.1) is 0 Å². The normalized spacial score (nSPS) is 47.0. The quantitative estimate of drug-likeness (QED) is 0.560. The van der Waals surface area contributed by atoms with Crippen LogP contribution in [0.15, 0.2) is 5.10 Å². The molecule has 4 aliphatic rings. The van der Waals surface area contributed by atoms with Gasteiger partial charge in [-0.05, 0) is 86.4 Å². The highest BCUT2D eigenvalue weighted by Gasteiger charge is 2.60. The Balaban J connectivity index is 1.56. The minimum absolute atomic E-state index is 0.280. The second-order valence-corrected chi connectivity index (χ2v) is 10.3. The number of carbonyl (C=O) groups is 2. The van der Waals surface area contributed by atoms with Crippen molar-refractivity contribution in [2.24, 2.45) is 51.3 Å². The molecule has 0 bridgehead atoms. The van der Waals surface area contributed by atoms with Crippen molar-refractivity contribution in [3.63, 3.8) is 0 Å². The molecule has 5 heteroatoms. The van der Waals surface area contributed by atoms with Crippen molar-refractivity contribution in [2.45, 2.75) is 78.6 Å². The molecule has 0 heterocycles. The summed E-state index contributed by atoms with van der Waals surface area (Å²) in [5, 5.41) is 4.29. The highest BCUT2D eigenvalue weighted by atomic mass is 16.2. The molecule has 4 fully saturated rings. The summed E-state index contributed by atoms with van der Waals surface area (Å²) in [6.07, 6.45) is 10.2. The number of nitrogens with zero attached hydrogens (tertiary/aromatic N) is 1. The van der Waals surface area contributed by atoms with E-state index in [-0.39, 0.29) is 5.41 Å². The molecule has 0 aromatic heterocycles. The Morgan fingerprint density at radius 2 is 1.81 bits per heavy atom. The second kappa shape index (κ2) is 6.59. The number of fused-ring (bicyclic) bond motifs is 5. The molecule has 0 aromatic carbocycles. The van der Waals surface area contributed by atoms with E-state index in [1.54, 1.807) is 0 Å². The number of amides is 2. The maximum atomic E-state index is 12.0. The van der Waals surface area contributed by atoms with Gasteiger partial charge in [-0.2, -0.15) is 5.10 Å². The van der Waals surface area contributed by atoms with Crippen LogP contribution < -0.4 is 11.2 Å². The standard InChI is InChI=1S/C22H35N3O2/c1-13(24-25-20(23)27)17-6-7-18-16-5-4-14-12-15(26)8-10-21(14,2)19(16)9-11-22(17,18)3/h14,16-19H,4-12H2,1-3H3,(H3,23,25,27)/b24-13-/t14-,16-,17+,18-,19-,21+,22+/m1/s1. The van der Waals surface area contributed by atoms with Gasteiger partial charge in [0.2, 0.25) is 0 Å². The van der Waals surface area contributed by atoms with Crippen LogP contribution in [0.2, 0.25) is 0 Å². The van der Waals surface area contributed by atoms with Crippen molar-refractivity contribution in [3.8, 4) is 0 Å². The molecule has 0 radical (unpaired) electrons. The first-order chi connectivity index (χ1) is 12.8. The number of carbonyl (C=O) groups excluding carboxylic acids is 2. The second-order valence-electron chi connectivity index (χ2n) is 10.3. The molecular formula is C22H35N3O2. The number of ketones is 1. The van der Waals surface area contributed by atoms with E-state index in [4.69, 9.17) is 5.73 Å². The Kier molecular flexibility index (Phi) is 4.63. The van der Waals surface area contributed by atoms with Crippen molar-refractivity contribution < 1.29 is 9.59 Å². The van der Waals surface area contributed by atoms with E-state index >= 15 is 0 Å². The predicted octanol–water partition coefficient (Wildman–Crippen LogP) is 4.26. The van der Waals surface area contributed by atoms with Gasteiger partial charge in [0.1, 0.15) is 5.78 Å². The van der Waals surface area contributed by atoms with Gasteiger partial charge in [0.05, 0.1) is 0 Å². The average Bonchev–Trinajstić information content (AvgIpc) is 2.97. The average molecular weight is 374 g/mol. The maximum absolute atomic E-state index is 12.0. The molecule has 4 aliphatic carbocycles. The van der Waals surface area contributed by atoms with Crippen LogP contribution in [0.3, 0.4) is 0 Å². The van der Waals surface area contributed by atoms with Gasteiger partial charge < -0.3 is 5.73 Å². The van der Waals surface area contributed by atoms with Crippen LogP contribution in [0.1, 0.15) is 78.6 Å². The Morgan fingerprint density at radius 1 is 1.07 bits per heavy atom. The fourth-order valence-corrected chi connectivity index (χ4v) is 7.95. The highest BCUT2D eigenvalue weighted by Crippen LogP contribution is 2.67. The number of hydrazone groups is 1. The fraction of sp³-hybridized carbons (Fsp3) is 0.864. The van der Waals surface area contributed by atoms with E-state index in [2.05, 4.69) is 24.4 Å². The van der Waals surface area contributed by atoms with Crippen LogP contribution in [-0.4, -0.2) is 17.5 Å². The lowest BCUT2D eigenvalue weighted by molar-refractivity contribution is -0.138. The van der Waals surface area contributed by atoms with Crippen LogP contribution >= 0.6 is 0 Å². The molecule has 5 nitrogen and oxygen atoms in total. The summed E-state index contributed by atoms with van der Waals surface area (Å²) in [5.74, 6) is 3.86. The van der Waals surface area contributed by atoms with Gasteiger partial charge in [-0.1, -0.05) is 13.8 Å². The number of hydrogen-bond acceptors (Lipinski definition) is 3. The lowest BCUT2D eigenvalue weighted by Gasteiger charge is -2.60. The molecular weight excluding hydrogens is 338 g/mol. The largest absolute Gasteiger partial charge is 0.350 e. The molecule has 4 saturated carbocycles. The lowest BCUT2D eigenvalue weighted by atomic mass is 9.44. The van der Waals surface area contributed by atoms with Crippen LogP contribution in [-0.2, 0) is 4.79 Å². The Bertz CT molecular complexity index is 674. The molecule has 0 spiro atoms. The first kappa shape index (κ1) is 18.9. The van der Waals surface area contributed by atoms with Gasteiger partial charge in [0.15, 0.2) is 0 Å². The summed E-state index contributed by atoms with van der Waals surface area (Å²) in [7, 11) is 0. The molecule has 2 amide bonds. The minimum Gasteiger partial charge on any atom is -0.350 e. The third-order valence-corrected chi connectivity index (χ3v) is 9.33. The molecule has 7 atom stereocenters. The van der Waals surface area contributed by atoms with Crippen LogP contribution in [0, 0.1) is 40.4 Å². The number of nitrogens with two attached hydrogens (primary N) is 1. The Labute approximate surface area is 162 Å². The first-order valence-corrected chi connectivity index (χ1v) is 10.9. The van der Waals surface area contributed by atoms with Crippen molar-refractivity contribution in [3.05, 3.63) is 0 Å². The van der Waals surface area contributed by atoms with E-state index in [9.17, 15) is 9.59 Å². The van der Waals surface area contributed by atoms with E-state index in [0.29, 0.717) is 23.0 Å². The third-order valence-electron chi connectivity index (χ3n) is 9.33. The van der Waals surface area contributed by atoms with Crippen LogP contribution in [0.25, 0.3) is 0 Å². The third kappa shape index (κ3) is 2.92. The SMILES string of the molecule is C/C(=N/NC(N)=O)[C@@H]1CC[C@@H]2[C@H]3CC[C@@H]4CC(=O)CC[C@]4(C)[C@@H]3CC[C@]21C. The predicted molar refractivity (Wildman–Crippen MR) is 106 cm³/mol.